The molecule has 20 heavy (non-hydrogen) atoms. The minimum atomic E-state index is -0.185. The Bertz CT molecular complexity index is 391. The van der Waals surface area contributed by atoms with E-state index in [0.29, 0.717) is 24.0 Å². The van der Waals surface area contributed by atoms with E-state index in [4.69, 9.17) is 9.57 Å². The Morgan fingerprint density at radius 3 is 2.30 bits per heavy atom. The molecule has 2 atom stereocenters. The van der Waals surface area contributed by atoms with E-state index in [1.807, 2.05) is 0 Å². The van der Waals surface area contributed by atoms with E-state index in [0.717, 1.165) is 25.2 Å². The molecule has 4 heteroatoms. The molecule has 2 unspecified atom stereocenters. The number of carbonyl (C=O) groups is 1. The van der Waals surface area contributed by atoms with Crippen LogP contribution in [0.2, 0.25) is 0 Å². The van der Waals surface area contributed by atoms with Crippen LogP contribution in [0.1, 0.15) is 52.4 Å². The fourth-order valence-electron chi connectivity index (χ4n) is 6.05. The summed E-state index contributed by atoms with van der Waals surface area (Å²) in [6.07, 6.45) is 7.02. The summed E-state index contributed by atoms with van der Waals surface area (Å²) in [7, 11) is 1.63. The maximum Gasteiger partial charge on any atom is 0.249 e. The topological polar surface area (TPSA) is 47.6 Å². The van der Waals surface area contributed by atoms with Gasteiger partial charge < -0.3 is 4.74 Å². The number of nitrogens with one attached hydrogen (secondary N) is 1. The van der Waals surface area contributed by atoms with Crippen molar-refractivity contribution in [1.29, 1.82) is 0 Å². The second-order valence-corrected chi connectivity index (χ2v) is 8.18. The quantitative estimate of drug-likeness (QED) is 0.622. The Hall–Kier alpha value is -0.610. The van der Waals surface area contributed by atoms with Gasteiger partial charge in [-0.25, -0.2) is 5.48 Å². The number of amides is 1. The highest BCUT2D eigenvalue weighted by Crippen LogP contribution is 2.69. The van der Waals surface area contributed by atoms with E-state index < -0.39 is 0 Å². The van der Waals surface area contributed by atoms with Gasteiger partial charge in [-0.2, -0.15) is 0 Å². The predicted octanol–water partition coefficient (Wildman–Crippen LogP) is 2.68. The highest BCUT2D eigenvalue weighted by Gasteiger charge is 2.62. The summed E-state index contributed by atoms with van der Waals surface area (Å²) in [4.78, 5) is 17.9. The molecule has 0 radical (unpaired) electrons. The van der Waals surface area contributed by atoms with Gasteiger partial charge in [0.1, 0.15) is 0 Å². The summed E-state index contributed by atoms with van der Waals surface area (Å²) in [6, 6.07) is 0. The van der Waals surface area contributed by atoms with Crippen LogP contribution in [-0.4, -0.2) is 26.2 Å². The van der Waals surface area contributed by atoms with Gasteiger partial charge in [0.05, 0.1) is 18.6 Å². The molecule has 4 saturated carbocycles. The van der Waals surface area contributed by atoms with Crippen molar-refractivity contribution >= 4 is 5.91 Å². The van der Waals surface area contributed by atoms with E-state index in [9.17, 15) is 4.79 Å². The van der Waals surface area contributed by atoms with Gasteiger partial charge in [0.2, 0.25) is 5.91 Å². The van der Waals surface area contributed by atoms with Crippen LogP contribution >= 0.6 is 0 Å². The zero-order valence-corrected chi connectivity index (χ0v) is 13.0. The summed E-state index contributed by atoms with van der Waals surface area (Å²) in [6.45, 7) is 5.68. The first kappa shape index (κ1) is 14.3. The van der Waals surface area contributed by atoms with Crippen molar-refractivity contribution in [3.05, 3.63) is 0 Å². The van der Waals surface area contributed by atoms with Gasteiger partial charge in [-0.3, -0.25) is 9.63 Å². The van der Waals surface area contributed by atoms with Crippen LogP contribution in [0.25, 0.3) is 0 Å². The lowest BCUT2D eigenvalue weighted by atomic mass is 9.40. The summed E-state index contributed by atoms with van der Waals surface area (Å²) in [5, 5.41) is 0. The molecule has 0 saturated heterocycles. The van der Waals surface area contributed by atoms with Gasteiger partial charge >= 0.3 is 0 Å². The molecule has 0 aromatic carbocycles. The van der Waals surface area contributed by atoms with Crippen molar-refractivity contribution in [1.82, 2.24) is 5.48 Å². The first-order valence-corrected chi connectivity index (χ1v) is 7.80. The average molecular weight is 281 g/mol. The van der Waals surface area contributed by atoms with E-state index in [2.05, 4.69) is 19.3 Å². The van der Waals surface area contributed by atoms with Crippen LogP contribution in [-0.2, 0) is 14.4 Å². The molecule has 1 N–H and O–H groups in total. The molecule has 4 rings (SSSR count). The largest absolute Gasteiger partial charge is 0.382 e. The zero-order chi connectivity index (χ0) is 14.4. The first-order chi connectivity index (χ1) is 9.39. The number of hydrogen-bond acceptors (Lipinski definition) is 3. The molecule has 4 nitrogen and oxygen atoms in total. The predicted molar refractivity (Wildman–Crippen MR) is 75.8 cm³/mol. The second kappa shape index (κ2) is 4.70. The molecular formula is C16H27NO3. The molecule has 0 heterocycles. The van der Waals surface area contributed by atoms with Gasteiger partial charge in [-0.15, -0.1) is 0 Å². The van der Waals surface area contributed by atoms with Crippen molar-refractivity contribution in [2.45, 2.75) is 52.4 Å². The molecule has 0 aliphatic heterocycles. The van der Waals surface area contributed by atoms with Crippen LogP contribution in [0.15, 0.2) is 0 Å². The molecule has 0 aromatic heterocycles. The molecular weight excluding hydrogens is 254 g/mol. The van der Waals surface area contributed by atoms with Gasteiger partial charge in [0.25, 0.3) is 0 Å². The molecule has 4 bridgehead atoms. The fourth-order valence-corrected chi connectivity index (χ4v) is 6.05. The number of rotatable bonds is 5. The lowest BCUT2D eigenvalue weighted by Crippen LogP contribution is -2.59. The fraction of sp³-hybridized carbons (Fsp3) is 0.938. The summed E-state index contributed by atoms with van der Waals surface area (Å²) >= 11 is 0. The number of carbonyl (C=O) groups excluding carboxylic acids is 1. The van der Waals surface area contributed by atoms with Crippen molar-refractivity contribution in [3.8, 4) is 0 Å². The van der Waals surface area contributed by atoms with Gasteiger partial charge in [-0.05, 0) is 55.3 Å². The minimum Gasteiger partial charge on any atom is -0.382 e. The summed E-state index contributed by atoms with van der Waals surface area (Å²) in [5.74, 6) is 0.834. The smallest absolute Gasteiger partial charge is 0.249 e. The lowest BCUT2D eigenvalue weighted by Gasteiger charge is -2.64. The highest BCUT2D eigenvalue weighted by molar-refractivity contribution is 5.82. The summed E-state index contributed by atoms with van der Waals surface area (Å²) < 4.78 is 4.93. The maximum atomic E-state index is 12.7. The van der Waals surface area contributed by atoms with Crippen LogP contribution in [0.5, 0.6) is 0 Å². The Labute approximate surface area is 121 Å². The number of ether oxygens (including phenoxy) is 1. The number of hydroxylamine groups is 1. The van der Waals surface area contributed by atoms with E-state index in [1.54, 1.807) is 7.11 Å². The standard InChI is InChI=1S/C16H27NO3/c1-14-6-12-7-15(2,9-14)11-16(8-12,10-14)13(18)17-20-5-4-19-3/h12H,4-11H2,1-3H3,(H,17,18). The Morgan fingerprint density at radius 2 is 1.75 bits per heavy atom. The zero-order valence-electron chi connectivity index (χ0n) is 13.0. The van der Waals surface area contributed by atoms with Crippen LogP contribution in [0, 0.1) is 22.2 Å². The van der Waals surface area contributed by atoms with Crippen LogP contribution in [0.4, 0.5) is 0 Å². The molecule has 114 valence electrons. The van der Waals surface area contributed by atoms with E-state index in [1.165, 1.54) is 19.3 Å². The van der Waals surface area contributed by atoms with Crippen LogP contribution < -0.4 is 5.48 Å². The van der Waals surface area contributed by atoms with E-state index in [-0.39, 0.29) is 11.3 Å². The minimum absolute atomic E-state index is 0.107. The van der Waals surface area contributed by atoms with E-state index >= 15 is 0 Å². The number of hydrogen-bond donors (Lipinski definition) is 1. The van der Waals surface area contributed by atoms with Crippen LogP contribution in [0.3, 0.4) is 0 Å². The van der Waals surface area contributed by atoms with Crippen molar-refractivity contribution < 1.29 is 14.4 Å². The monoisotopic (exact) mass is 281 g/mol. The third-order valence-electron chi connectivity index (χ3n) is 5.66. The second-order valence-electron chi connectivity index (χ2n) is 8.18. The normalized spacial score (nSPS) is 45.6. The SMILES string of the molecule is COCCONC(=O)C12CC3CC(C)(CC(C)(C3)C1)C2. The molecule has 0 spiro atoms. The van der Waals surface area contributed by atoms with Gasteiger partial charge in [-0.1, -0.05) is 13.8 Å². The van der Waals surface area contributed by atoms with Gasteiger partial charge in [0.15, 0.2) is 0 Å². The summed E-state index contributed by atoms with van der Waals surface area (Å²) in [5.41, 5.74) is 3.22. The average Bonchev–Trinajstić information content (AvgIpc) is 2.29. The molecule has 4 aliphatic rings. The Kier molecular flexibility index (Phi) is 3.37. The van der Waals surface area contributed by atoms with Crippen molar-refractivity contribution in [3.63, 3.8) is 0 Å². The highest BCUT2D eigenvalue weighted by atomic mass is 16.7. The van der Waals surface area contributed by atoms with Crippen molar-refractivity contribution in [2.24, 2.45) is 22.2 Å². The Morgan fingerprint density at radius 1 is 1.10 bits per heavy atom. The Balaban J connectivity index is 1.70. The number of methoxy groups -OCH3 is 1. The third-order valence-corrected chi connectivity index (χ3v) is 5.66. The van der Waals surface area contributed by atoms with Crippen molar-refractivity contribution in [2.75, 3.05) is 20.3 Å². The molecule has 4 aliphatic carbocycles. The molecule has 1 amide bonds. The maximum absolute atomic E-state index is 12.7. The van der Waals surface area contributed by atoms with Gasteiger partial charge in [0, 0.05) is 7.11 Å². The molecule has 0 aromatic rings. The lowest BCUT2D eigenvalue weighted by molar-refractivity contribution is -0.180. The molecule has 4 fully saturated rings. The first-order valence-electron chi connectivity index (χ1n) is 7.80. The third kappa shape index (κ3) is 2.37.